The number of carbonyl (C=O) groups excluding carboxylic acids is 2. The van der Waals surface area contributed by atoms with Gasteiger partial charge in [0.1, 0.15) is 17.3 Å². The third-order valence-corrected chi connectivity index (χ3v) is 3.98. The molecule has 1 aliphatic rings. The molecule has 0 radical (unpaired) electrons. The molecule has 0 spiro atoms. The standard InChI is InChI=1S/C17H19N5O3/c1-25-14-4-2-13(3-5-14)20-16-11-18-15(10-19-16)17(24)22-8-6-21(12-23)7-9-22/h2-5,10-12H,6-9H2,1H3,(H,19,20). The van der Waals surface area contributed by atoms with E-state index < -0.39 is 0 Å². The topological polar surface area (TPSA) is 87.7 Å². The summed E-state index contributed by atoms with van der Waals surface area (Å²) in [4.78, 5) is 34.9. The van der Waals surface area contributed by atoms with E-state index in [0.717, 1.165) is 17.8 Å². The van der Waals surface area contributed by atoms with Crippen molar-refractivity contribution in [3.05, 3.63) is 42.4 Å². The summed E-state index contributed by atoms with van der Waals surface area (Å²) < 4.78 is 5.11. The molecule has 8 nitrogen and oxygen atoms in total. The Kier molecular flexibility index (Phi) is 5.08. The predicted molar refractivity (Wildman–Crippen MR) is 91.8 cm³/mol. The first-order valence-corrected chi connectivity index (χ1v) is 7.91. The number of aromatic nitrogens is 2. The Morgan fingerprint density at radius 1 is 1.12 bits per heavy atom. The zero-order chi connectivity index (χ0) is 17.6. The lowest BCUT2D eigenvalue weighted by Gasteiger charge is -2.32. The summed E-state index contributed by atoms with van der Waals surface area (Å²) in [6.07, 6.45) is 3.79. The van der Waals surface area contributed by atoms with Crippen molar-refractivity contribution >= 4 is 23.8 Å². The van der Waals surface area contributed by atoms with Gasteiger partial charge in [-0.1, -0.05) is 0 Å². The molecule has 25 heavy (non-hydrogen) atoms. The van der Waals surface area contributed by atoms with Gasteiger partial charge in [0.05, 0.1) is 19.5 Å². The van der Waals surface area contributed by atoms with E-state index >= 15 is 0 Å². The summed E-state index contributed by atoms with van der Waals surface area (Å²) in [5.41, 5.74) is 1.14. The molecule has 0 unspecified atom stereocenters. The minimum Gasteiger partial charge on any atom is -0.497 e. The van der Waals surface area contributed by atoms with Crippen LogP contribution in [0.4, 0.5) is 11.5 Å². The summed E-state index contributed by atoms with van der Waals surface area (Å²) in [6, 6.07) is 7.41. The molecule has 0 atom stereocenters. The van der Waals surface area contributed by atoms with Crippen molar-refractivity contribution in [2.24, 2.45) is 0 Å². The molecule has 1 saturated heterocycles. The summed E-state index contributed by atoms with van der Waals surface area (Å²) in [5, 5.41) is 3.11. The Balaban J connectivity index is 1.61. The zero-order valence-corrected chi connectivity index (χ0v) is 13.9. The molecule has 2 amide bonds. The lowest BCUT2D eigenvalue weighted by Crippen LogP contribution is -2.48. The number of ether oxygens (including phenoxy) is 1. The summed E-state index contributed by atoms with van der Waals surface area (Å²) in [7, 11) is 1.61. The van der Waals surface area contributed by atoms with Crippen molar-refractivity contribution in [2.75, 3.05) is 38.6 Å². The molecule has 0 bridgehead atoms. The van der Waals surface area contributed by atoms with Crippen LogP contribution in [0.5, 0.6) is 5.75 Å². The maximum absolute atomic E-state index is 12.4. The molecule has 1 fully saturated rings. The normalized spacial score (nSPS) is 14.1. The van der Waals surface area contributed by atoms with Gasteiger partial charge >= 0.3 is 0 Å². The molecule has 1 aromatic heterocycles. The molecular formula is C17H19N5O3. The number of carbonyl (C=O) groups is 2. The van der Waals surface area contributed by atoms with Crippen LogP contribution >= 0.6 is 0 Å². The van der Waals surface area contributed by atoms with E-state index in [9.17, 15) is 9.59 Å². The summed E-state index contributed by atoms with van der Waals surface area (Å²) >= 11 is 0. The number of nitrogens with zero attached hydrogens (tertiary/aromatic N) is 4. The fourth-order valence-corrected chi connectivity index (χ4v) is 2.52. The van der Waals surface area contributed by atoms with Crippen molar-refractivity contribution in [3.63, 3.8) is 0 Å². The average Bonchev–Trinajstić information content (AvgIpc) is 2.69. The Bertz CT molecular complexity index is 725. The number of hydrogen-bond donors (Lipinski definition) is 1. The third kappa shape index (κ3) is 4.03. The molecule has 3 rings (SSSR count). The molecule has 130 valence electrons. The molecule has 2 aromatic rings. The van der Waals surface area contributed by atoms with Gasteiger partial charge in [0, 0.05) is 31.9 Å². The molecule has 2 heterocycles. The number of hydrogen-bond acceptors (Lipinski definition) is 6. The van der Waals surface area contributed by atoms with Gasteiger partial charge in [-0.25, -0.2) is 9.97 Å². The second-order valence-electron chi connectivity index (χ2n) is 5.57. The van der Waals surface area contributed by atoms with Crippen LogP contribution in [0.15, 0.2) is 36.7 Å². The van der Waals surface area contributed by atoms with E-state index in [1.54, 1.807) is 16.9 Å². The Morgan fingerprint density at radius 3 is 2.40 bits per heavy atom. The van der Waals surface area contributed by atoms with Crippen molar-refractivity contribution in [3.8, 4) is 5.75 Å². The van der Waals surface area contributed by atoms with Crippen molar-refractivity contribution in [1.82, 2.24) is 19.8 Å². The molecule has 0 aliphatic carbocycles. The first-order valence-electron chi connectivity index (χ1n) is 7.91. The van der Waals surface area contributed by atoms with Crippen LogP contribution in [0.25, 0.3) is 0 Å². The van der Waals surface area contributed by atoms with Crippen LogP contribution in [-0.4, -0.2) is 65.4 Å². The average molecular weight is 341 g/mol. The lowest BCUT2D eigenvalue weighted by atomic mass is 10.3. The highest BCUT2D eigenvalue weighted by molar-refractivity contribution is 5.92. The number of piperazine rings is 1. The highest BCUT2D eigenvalue weighted by Gasteiger charge is 2.22. The van der Waals surface area contributed by atoms with E-state index in [4.69, 9.17) is 4.74 Å². The SMILES string of the molecule is COc1ccc(Nc2cnc(C(=O)N3CCN(C=O)CC3)cn2)cc1. The van der Waals surface area contributed by atoms with Gasteiger partial charge in [0.15, 0.2) is 0 Å². The van der Waals surface area contributed by atoms with Crippen molar-refractivity contribution in [2.45, 2.75) is 0 Å². The van der Waals surface area contributed by atoms with Gasteiger partial charge in [0.2, 0.25) is 6.41 Å². The molecular weight excluding hydrogens is 322 g/mol. The van der Waals surface area contributed by atoms with Crippen molar-refractivity contribution in [1.29, 1.82) is 0 Å². The fraction of sp³-hybridized carbons (Fsp3) is 0.294. The van der Waals surface area contributed by atoms with E-state index in [1.165, 1.54) is 12.4 Å². The number of rotatable bonds is 5. The highest BCUT2D eigenvalue weighted by atomic mass is 16.5. The van der Waals surface area contributed by atoms with Crippen molar-refractivity contribution < 1.29 is 14.3 Å². The van der Waals surface area contributed by atoms with Crippen LogP contribution in [0.1, 0.15) is 10.5 Å². The number of benzene rings is 1. The van der Waals surface area contributed by atoms with E-state index in [0.29, 0.717) is 37.7 Å². The van der Waals surface area contributed by atoms with Crippen LogP contribution in [0.3, 0.4) is 0 Å². The zero-order valence-electron chi connectivity index (χ0n) is 13.9. The molecule has 1 N–H and O–H groups in total. The van der Waals surface area contributed by atoms with Crippen LogP contribution in [-0.2, 0) is 4.79 Å². The second-order valence-corrected chi connectivity index (χ2v) is 5.57. The fourth-order valence-electron chi connectivity index (χ4n) is 2.52. The third-order valence-electron chi connectivity index (χ3n) is 3.98. The number of nitrogens with one attached hydrogen (secondary N) is 1. The Morgan fingerprint density at radius 2 is 1.84 bits per heavy atom. The summed E-state index contributed by atoms with van der Waals surface area (Å²) in [6.45, 7) is 2.09. The monoisotopic (exact) mass is 341 g/mol. The minimum absolute atomic E-state index is 0.172. The van der Waals surface area contributed by atoms with Gasteiger partial charge in [0.25, 0.3) is 5.91 Å². The van der Waals surface area contributed by atoms with Gasteiger partial charge < -0.3 is 19.9 Å². The number of amides is 2. The van der Waals surface area contributed by atoms with Crippen LogP contribution in [0.2, 0.25) is 0 Å². The lowest BCUT2D eigenvalue weighted by molar-refractivity contribution is -0.119. The summed E-state index contributed by atoms with van der Waals surface area (Å²) in [5.74, 6) is 1.15. The number of anilines is 2. The van der Waals surface area contributed by atoms with E-state index in [2.05, 4.69) is 15.3 Å². The molecule has 1 aromatic carbocycles. The Labute approximate surface area is 145 Å². The predicted octanol–water partition coefficient (Wildman–Crippen LogP) is 1.14. The maximum atomic E-state index is 12.4. The first kappa shape index (κ1) is 16.7. The van der Waals surface area contributed by atoms with Gasteiger partial charge in [-0.15, -0.1) is 0 Å². The van der Waals surface area contributed by atoms with Gasteiger partial charge in [-0.2, -0.15) is 0 Å². The Hall–Kier alpha value is -3.16. The molecule has 1 aliphatic heterocycles. The highest BCUT2D eigenvalue weighted by Crippen LogP contribution is 2.18. The van der Waals surface area contributed by atoms with Crippen LogP contribution < -0.4 is 10.1 Å². The second kappa shape index (κ2) is 7.61. The maximum Gasteiger partial charge on any atom is 0.274 e. The largest absolute Gasteiger partial charge is 0.497 e. The van der Waals surface area contributed by atoms with E-state index in [-0.39, 0.29) is 5.91 Å². The van der Waals surface area contributed by atoms with Crippen LogP contribution in [0, 0.1) is 0 Å². The molecule has 8 heteroatoms. The minimum atomic E-state index is -0.172. The first-order chi connectivity index (χ1) is 12.2. The van der Waals surface area contributed by atoms with Gasteiger partial charge in [-0.05, 0) is 24.3 Å². The number of methoxy groups -OCH3 is 1. The van der Waals surface area contributed by atoms with Gasteiger partial charge in [-0.3, -0.25) is 9.59 Å². The quantitative estimate of drug-likeness (QED) is 0.821. The molecule has 0 saturated carbocycles. The van der Waals surface area contributed by atoms with E-state index in [1.807, 2.05) is 24.3 Å². The smallest absolute Gasteiger partial charge is 0.274 e.